The predicted molar refractivity (Wildman–Crippen MR) is 170 cm³/mol. The summed E-state index contributed by atoms with van der Waals surface area (Å²) in [6.45, 7) is 6.99. The van der Waals surface area contributed by atoms with Crippen molar-refractivity contribution in [1.82, 2.24) is 34.9 Å². The summed E-state index contributed by atoms with van der Waals surface area (Å²) in [5.74, 6) is 1.49. The first-order valence-electron chi connectivity index (χ1n) is 16.4. The number of amides is 3. The van der Waals surface area contributed by atoms with Crippen LogP contribution >= 0.6 is 0 Å². The molecule has 13 nitrogen and oxygen atoms in total. The lowest BCUT2D eigenvalue weighted by atomic mass is 10.1. The van der Waals surface area contributed by atoms with E-state index in [-0.39, 0.29) is 36.4 Å². The van der Waals surface area contributed by atoms with Crippen LogP contribution in [0.4, 0.5) is 21.1 Å². The van der Waals surface area contributed by atoms with Gasteiger partial charge in [-0.25, -0.2) is 24.2 Å². The molecule has 6 heterocycles. The fourth-order valence-corrected chi connectivity index (χ4v) is 7.05. The highest BCUT2D eigenvalue weighted by molar-refractivity contribution is 5.91. The Morgan fingerprint density at radius 2 is 1.67 bits per heavy atom. The smallest absolute Gasteiger partial charge is 0.409 e. The van der Waals surface area contributed by atoms with Crippen molar-refractivity contribution in [3.8, 4) is 11.4 Å². The Bertz CT molecular complexity index is 1500. The van der Waals surface area contributed by atoms with Gasteiger partial charge in [0.15, 0.2) is 11.5 Å². The Morgan fingerprint density at radius 1 is 0.956 bits per heavy atom. The summed E-state index contributed by atoms with van der Waals surface area (Å²) in [6, 6.07) is 7.82. The molecule has 45 heavy (non-hydrogen) atoms. The quantitative estimate of drug-likeness (QED) is 0.423. The van der Waals surface area contributed by atoms with E-state index in [0.717, 1.165) is 87.1 Å². The van der Waals surface area contributed by atoms with Crippen LogP contribution in [-0.2, 0) is 9.47 Å². The van der Waals surface area contributed by atoms with Crippen LogP contribution in [0.5, 0.6) is 0 Å². The van der Waals surface area contributed by atoms with Gasteiger partial charge in [0.2, 0.25) is 0 Å². The van der Waals surface area contributed by atoms with Crippen molar-refractivity contribution in [3.63, 3.8) is 0 Å². The van der Waals surface area contributed by atoms with Crippen molar-refractivity contribution < 1.29 is 19.1 Å². The number of nitrogens with zero attached hydrogens (tertiary/aromatic N) is 7. The van der Waals surface area contributed by atoms with Crippen molar-refractivity contribution in [3.05, 3.63) is 30.5 Å². The number of urea groups is 1. The first kappa shape index (κ1) is 29.7. The number of aromatic nitrogens is 4. The fraction of sp³-hybridized carbons (Fsp3) is 0.594. The van der Waals surface area contributed by atoms with E-state index in [2.05, 4.69) is 27.5 Å². The number of ether oxygens (including phenoxy) is 2. The van der Waals surface area contributed by atoms with E-state index >= 15 is 0 Å². The summed E-state index contributed by atoms with van der Waals surface area (Å²) in [5, 5.41) is 11.8. The minimum atomic E-state index is -0.257. The first-order chi connectivity index (χ1) is 21.9. The van der Waals surface area contributed by atoms with E-state index < -0.39 is 0 Å². The fourth-order valence-electron chi connectivity index (χ4n) is 7.05. The zero-order valence-corrected chi connectivity index (χ0v) is 26.2. The monoisotopic (exact) mass is 617 g/mol. The molecule has 2 bridgehead atoms. The van der Waals surface area contributed by atoms with Gasteiger partial charge in [-0.3, -0.25) is 0 Å². The number of hydrogen-bond donors (Lipinski definition) is 2. The maximum absolute atomic E-state index is 12.7. The molecule has 0 radical (unpaired) electrons. The predicted octanol–water partition coefficient (Wildman–Crippen LogP) is 3.87. The number of likely N-dealkylation sites (tertiary alicyclic amines) is 2. The van der Waals surface area contributed by atoms with Gasteiger partial charge >= 0.3 is 12.1 Å². The van der Waals surface area contributed by atoms with Gasteiger partial charge in [0.1, 0.15) is 5.82 Å². The molecular formula is C32H43N9O4. The van der Waals surface area contributed by atoms with Gasteiger partial charge in [0, 0.05) is 43.5 Å². The SMILES string of the molecule is CCOC(=O)N1CCC(n2ncc3c(N4CC5CCC(C4)O5)nc(-c4ccc(NC(=O)NC5CCN(C)CC5)cc4)nc32)CC1. The Balaban J connectivity index is 1.13. The summed E-state index contributed by atoms with van der Waals surface area (Å²) in [7, 11) is 2.11. The van der Waals surface area contributed by atoms with E-state index in [0.29, 0.717) is 31.2 Å². The van der Waals surface area contributed by atoms with E-state index in [9.17, 15) is 9.59 Å². The molecule has 240 valence electrons. The number of morpholine rings is 1. The first-order valence-corrected chi connectivity index (χ1v) is 16.4. The Hall–Kier alpha value is -3.97. The number of piperidine rings is 2. The maximum Gasteiger partial charge on any atom is 0.409 e. The number of rotatable bonds is 6. The average molecular weight is 618 g/mol. The number of benzene rings is 1. The van der Waals surface area contributed by atoms with Crippen LogP contribution in [0.2, 0.25) is 0 Å². The standard InChI is InChI=1S/C32H43N9O4/c1-3-44-32(43)39-16-12-24(13-17-39)41-30-27(18-33-41)29(40-19-25-8-9-26(20-40)45-25)36-28(37-30)21-4-6-22(7-5-21)34-31(42)35-23-10-14-38(2)15-11-23/h4-7,18,23-26H,3,8-17,19-20H2,1-2H3,(H2,34,35,42). The van der Waals surface area contributed by atoms with E-state index in [1.807, 2.05) is 42.1 Å². The summed E-state index contributed by atoms with van der Waals surface area (Å²) in [4.78, 5) is 41.5. The molecule has 4 aliphatic rings. The second kappa shape index (κ2) is 12.8. The molecule has 4 fully saturated rings. The number of fused-ring (bicyclic) bond motifs is 3. The molecule has 2 atom stereocenters. The third kappa shape index (κ3) is 6.41. The number of anilines is 2. The number of nitrogens with one attached hydrogen (secondary N) is 2. The molecule has 4 aliphatic heterocycles. The van der Waals surface area contributed by atoms with E-state index in [1.54, 1.807) is 4.90 Å². The summed E-state index contributed by atoms with van der Waals surface area (Å²) >= 11 is 0. The molecular weight excluding hydrogens is 574 g/mol. The lowest BCUT2D eigenvalue weighted by Crippen LogP contribution is -2.44. The summed E-state index contributed by atoms with van der Waals surface area (Å²) in [6.07, 6.45) is 7.65. The Kier molecular flexibility index (Phi) is 8.45. The van der Waals surface area contributed by atoms with Crippen LogP contribution in [0, 0.1) is 0 Å². The molecule has 7 rings (SSSR count). The number of hydrogen-bond acceptors (Lipinski definition) is 9. The van der Waals surface area contributed by atoms with Crippen LogP contribution in [-0.4, -0.2) is 113 Å². The molecule has 2 unspecified atom stereocenters. The van der Waals surface area contributed by atoms with Gasteiger partial charge in [-0.1, -0.05) is 0 Å². The van der Waals surface area contributed by atoms with Gasteiger partial charge < -0.3 is 34.8 Å². The zero-order valence-electron chi connectivity index (χ0n) is 26.2. The number of carbonyl (C=O) groups is 2. The molecule has 0 spiro atoms. The van der Waals surface area contributed by atoms with Crippen LogP contribution in [0.25, 0.3) is 22.4 Å². The molecule has 0 saturated carbocycles. The highest BCUT2D eigenvalue weighted by Crippen LogP contribution is 2.35. The lowest BCUT2D eigenvalue weighted by molar-refractivity contribution is 0.0303. The van der Waals surface area contributed by atoms with Crippen molar-refractivity contribution in [2.45, 2.75) is 69.7 Å². The van der Waals surface area contributed by atoms with E-state index in [1.165, 1.54) is 0 Å². The van der Waals surface area contributed by atoms with Gasteiger partial charge in [0.05, 0.1) is 36.4 Å². The Morgan fingerprint density at radius 3 is 2.36 bits per heavy atom. The van der Waals surface area contributed by atoms with E-state index in [4.69, 9.17) is 24.5 Å². The van der Waals surface area contributed by atoms with Crippen LogP contribution in [0.1, 0.15) is 51.5 Å². The molecule has 3 aromatic rings. The second-order valence-corrected chi connectivity index (χ2v) is 12.7. The van der Waals surface area contributed by atoms with Crippen molar-refractivity contribution in [2.24, 2.45) is 0 Å². The molecule has 2 aromatic heterocycles. The van der Waals surface area contributed by atoms with Crippen molar-refractivity contribution in [2.75, 3.05) is 63.1 Å². The molecule has 4 saturated heterocycles. The third-order valence-corrected chi connectivity index (χ3v) is 9.57. The Labute approximate surface area is 263 Å². The average Bonchev–Trinajstić information content (AvgIpc) is 3.64. The van der Waals surface area contributed by atoms with Crippen LogP contribution < -0.4 is 15.5 Å². The molecule has 13 heteroatoms. The van der Waals surface area contributed by atoms with Crippen LogP contribution in [0.15, 0.2) is 30.5 Å². The maximum atomic E-state index is 12.7. The zero-order chi connectivity index (χ0) is 30.9. The van der Waals surface area contributed by atoms with Crippen LogP contribution in [0.3, 0.4) is 0 Å². The molecule has 2 N–H and O–H groups in total. The van der Waals surface area contributed by atoms with Crippen molar-refractivity contribution in [1.29, 1.82) is 0 Å². The molecule has 0 aliphatic carbocycles. The minimum absolute atomic E-state index is 0.110. The van der Waals surface area contributed by atoms with Gasteiger partial charge in [0.25, 0.3) is 0 Å². The highest BCUT2D eigenvalue weighted by Gasteiger charge is 2.36. The normalized spacial score (nSPS) is 23.0. The minimum Gasteiger partial charge on any atom is -0.450 e. The van der Waals surface area contributed by atoms with Gasteiger partial charge in [-0.05, 0) is 89.9 Å². The van der Waals surface area contributed by atoms with Gasteiger partial charge in [-0.2, -0.15) is 5.10 Å². The number of carbonyl (C=O) groups excluding carboxylic acids is 2. The summed E-state index contributed by atoms with van der Waals surface area (Å²) in [5.41, 5.74) is 2.37. The summed E-state index contributed by atoms with van der Waals surface area (Å²) < 4.78 is 13.4. The topological polar surface area (TPSA) is 130 Å². The molecule has 3 amide bonds. The third-order valence-electron chi connectivity index (χ3n) is 9.57. The lowest BCUT2D eigenvalue weighted by Gasteiger charge is -2.33. The largest absolute Gasteiger partial charge is 0.450 e. The van der Waals surface area contributed by atoms with Gasteiger partial charge in [-0.15, -0.1) is 0 Å². The molecule has 1 aromatic carbocycles. The second-order valence-electron chi connectivity index (χ2n) is 12.7. The van der Waals surface area contributed by atoms with Crippen molar-refractivity contribution >= 4 is 34.7 Å². The highest BCUT2D eigenvalue weighted by atomic mass is 16.6.